The Morgan fingerprint density at radius 2 is 1.72 bits per heavy atom. The van der Waals surface area contributed by atoms with E-state index in [0.717, 1.165) is 21.7 Å². The summed E-state index contributed by atoms with van der Waals surface area (Å²) in [5.41, 5.74) is 9.35. The second kappa shape index (κ2) is 18.0. The Hall–Kier alpha value is -3.43. The van der Waals surface area contributed by atoms with Gasteiger partial charge in [-0.15, -0.1) is 11.3 Å². The van der Waals surface area contributed by atoms with Gasteiger partial charge in [-0.25, -0.2) is 4.98 Å². The number of aromatic nitrogens is 1. The summed E-state index contributed by atoms with van der Waals surface area (Å²) in [7, 11) is 0. The average molecular weight is 661 g/mol. The largest absolute Gasteiger partial charge is 0.391 e. The topological polar surface area (TPSA) is 185 Å². The number of hydrogen-bond acceptors (Lipinski definition) is 10. The Kier molecular flexibility index (Phi) is 14.5. The van der Waals surface area contributed by atoms with Crippen molar-refractivity contribution in [2.75, 3.05) is 46.1 Å². The highest BCUT2D eigenvalue weighted by atomic mass is 32.1. The van der Waals surface area contributed by atoms with E-state index in [1.807, 2.05) is 52.0 Å². The van der Waals surface area contributed by atoms with E-state index >= 15 is 0 Å². The first-order chi connectivity index (χ1) is 21.9. The summed E-state index contributed by atoms with van der Waals surface area (Å²) in [5.74, 6) is -1.62. The zero-order chi connectivity index (χ0) is 33.7. The SMILES string of the molecule is Cc1ncsc1-c1ccc(CNC(=O)[C@@H]2C[C@@H](O)CN2C(=O)C(NC(=O)CCC(=O)NCCOCCOCCN)C(C)(C)C)cc1. The molecule has 46 heavy (non-hydrogen) atoms. The van der Waals surface area contributed by atoms with E-state index in [2.05, 4.69) is 20.9 Å². The monoisotopic (exact) mass is 660 g/mol. The van der Waals surface area contributed by atoms with Gasteiger partial charge in [0.15, 0.2) is 0 Å². The molecule has 0 saturated carbocycles. The Morgan fingerprint density at radius 1 is 1.04 bits per heavy atom. The number of nitrogens with one attached hydrogen (secondary N) is 3. The molecule has 1 fully saturated rings. The number of carbonyl (C=O) groups is 4. The molecule has 1 unspecified atom stereocenters. The Bertz CT molecular complexity index is 1300. The van der Waals surface area contributed by atoms with Crippen molar-refractivity contribution < 1.29 is 33.8 Å². The molecule has 1 aliphatic rings. The van der Waals surface area contributed by atoms with Crippen LogP contribution in [0.4, 0.5) is 0 Å². The van der Waals surface area contributed by atoms with E-state index in [4.69, 9.17) is 15.2 Å². The van der Waals surface area contributed by atoms with Crippen LogP contribution in [-0.2, 0) is 35.2 Å². The number of aryl methyl sites for hydroxylation is 1. The first-order valence-electron chi connectivity index (χ1n) is 15.6. The number of hydrogen-bond donors (Lipinski definition) is 5. The van der Waals surface area contributed by atoms with Gasteiger partial charge in [0, 0.05) is 45.4 Å². The van der Waals surface area contributed by atoms with Gasteiger partial charge in [-0.1, -0.05) is 45.0 Å². The summed E-state index contributed by atoms with van der Waals surface area (Å²) in [6.07, 6.45) is -0.956. The van der Waals surface area contributed by atoms with Crippen LogP contribution in [0.5, 0.6) is 0 Å². The number of aliphatic hydroxyl groups excluding tert-OH is 1. The number of rotatable bonds is 17. The molecular weight excluding hydrogens is 612 g/mol. The number of benzene rings is 1. The van der Waals surface area contributed by atoms with E-state index < -0.39 is 35.4 Å². The summed E-state index contributed by atoms with van der Waals surface area (Å²) in [5, 5.41) is 18.8. The lowest BCUT2D eigenvalue weighted by atomic mass is 9.85. The fraction of sp³-hybridized carbons (Fsp3) is 0.594. The third kappa shape index (κ3) is 11.4. The van der Waals surface area contributed by atoms with Crippen molar-refractivity contribution in [2.45, 2.75) is 71.7 Å². The molecule has 1 saturated heterocycles. The van der Waals surface area contributed by atoms with Crippen LogP contribution in [0.15, 0.2) is 29.8 Å². The number of β-amino-alcohol motifs (C(OH)–C–C–N with tert-alkyl or cyclic N) is 1. The van der Waals surface area contributed by atoms with E-state index in [1.165, 1.54) is 4.90 Å². The van der Waals surface area contributed by atoms with Crippen molar-refractivity contribution in [1.82, 2.24) is 25.8 Å². The van der Waals surface area contributed by atoms with E-state index in [0.29, 0.717) is 39.5 Å². The Morgan fingerprint density at radius 3 is 2.35 bits per heavy atom. The molecular formula is C32H48N6O7S. The third-order valence-corrected chi connectivity index (χ3v) is 8.47. The van der Waals surface area contributed by atoms with Crippen LogP contribution in [0, 0.1) is 12.3 Å². The molecule has 4 amide bonds. The molecule has 0 radical (unpaired) electrons. The first-order valence-corrected chi connectivity index (χ1v) is 16.5. The smallest absolute Gasteiger partial charge is 0.246 e. The molecule has 0 spiro atoms. The maximum Gasteiger partial charge on any atom is 0.246 e. The van der Waals surface area contributed by atoms with Gasteiger partial charge in [-0.2, -0.15) is 0 Å². The highest BCUT2D eigenvalue weighted by Crippen LogP contribution is 2.28. The molecule has 3 rings (SSSR count). The van der Waals surface area contributed by atoms with Crippen LogP contribution in [0.2, 0.25) is 0 Å². The highest BCUT2D eigenvalue weighted by molar-refractivity contribution is 7.13. The number of amides is 4. The minimum absolute atomic E-state index is 0.0219. The van der Waals surface area contributed by atoms with Gasteiger partial charge in [0.1, 0.15) is 12.1 Å². The van der Waals surface area contributed by atoms with E-state index in [9.17, 15) is 24.3 Å². The van der Waals surface area contributed by atoms with Gasteiger partial charge < -0.3 is 41.2 Å². The zero-order valence-electron chi connectivity index (χ0n) is 27.2. The van der Waals surface area contributed by atoms with Gasteiger partial charge >= 0.3 is 0 Å². The quantitative estimate of drug-likeness (QED) is 0.155. The van der Waals surface area contributed by atoms with Crippen LogP contribution in [0.1, 0.15) is 51.3 Å². The number of thiazole rings is 1. The van der Waals surface area contributed by atoms with Crippen LogP contribution < -0.4 is 21.7 Å². The van der Waals surface area contributed by atoms with Crippen molar-refractivity contribution in [2.24, 2.45) is 11.1 Å². The fourth-order valence-electron chi connectivity index (χ4n) is 5.00. The number of likely N-dealkylation sites (tertiary alicyclic amines) is 1. The summed E-state index contributed by atoms with van der Waals surface area (Å²) in [6.45, 7) is 9.93. The van der Waals surface area contributed by atoms with Crippen molar-refractivity contribution in [3.8, 4) is 10.4 Å². The molecule has 1 aromatic carbocycles. The number of aliphatic hydroxyl groups is 1. The summed E-state index contributed by atoms with van der Waals surface area (Å²) < 4.78 is 10.6. The molecule has 14 heteroatoms. The van der Waals surface area contributed by atoms with Gasteiger partial charge in [0.25, 0.3) is 0 Å². The van der Waals surface area contributed by atoms with Crippen molar-refractivity contribution in [3.63, 3.8) is 0 Å². The molecule has 2 aromatic rings. The Labute approximate surface area is 274 Å². The van der Waals surface area contributed by atoms with Crippen LogP contribution in [0.25, 0.3) is 10.4 Å². The lowest BCUT2D eigenvalue weighted by molar-refractivity contribution is -0.144. The molecule has 2 heterocycles. The van der Waals surface area contributed by atoms with E-state index in [-0.39, 0.29) is 44.2 Å². The van der Waals surface area contributed by atoms with Crippen molar-refractivity contribution in [1.29, 1.82) is 0 Å². The van der Waals surface area contributed by atoms with Crippen LogP contribution in [-0.4, -0.2) is 103 Å². The fourth-order valence-corrected chi connectivity index (χ4v) is 5.81. The molecule has 0 bridgehead atoms. The van der Waals surface area contributed by atoms with Gasteiger partial charge in [0.05, 0.1) is 48.6 Å². The number of nitrogens with zero attached hydrogens (tertiary/aromatic N) is 2. The zero-order valence-corrected chi connectivity index (χ0v) is 28.0. The molecule has 3 atom stereocenters. The minimum atomic E-state index is -0.971. The molecule has 0 aliphatic carbocycles. The van der Waals surface area contributed by atoms with Crippen molar-refractivity contribution >= 4 is 35.0 Å². The Balaban J connectivity index is 1.50. The van der Waals surface area contributed by atoms with E-state index in [1.54, 1.807) is 16.8 Å². The van der Waals surface area contributed by atoms with Crippen molar-refractivity contribution in [3.05, 3.63) is 41.0 Å². The highest BCUT2D eigenvalue weighted by Gasteiger charge is 2.44. The lowest BCUT2D eigenvalue weighted by Gasteiger charge is -2.35. The number of nitrogens with two attached hydrogens (primary N) is 1. The second-order valence-corrected chi connectivity index (χ2v) is 13.2. The van der Waals surface area contributed by atoms with Crippen LogP contribution in [0.3, 0.4) is 0 Å². The predicted octanol–water partition coefficient (Wildman–Crippen LogP) is 1.12. The first kappa shape index (κ1) is 37.0. The third-order valence-electron chi connectivity index (χ3n) is 7.49. The molecule has 254 valence electrons. The second-order valence-electron chi connectivity index (χ2n) is 12.3. The molecule has 6 N–H and O–H groups in total. The summed E-state index contributed by atoms with van der Waals surface area (Å²) >= 11 is 1.57. The van der Waals surface area contributed by atoms with Gasteiger partial charge in [0.2, 0.25) is 23.6 Å². The van der Waals surface area contributed by atoms with Gasteiger partial charge in [-0.05, 0) is 23.5 Å². The number of carbonyl (C=O) groups excluding carboxylic acids is 4. The standard InChI is InChI=1S/C32H48N6O7S/c1-21-28(46-20-36-21)23-7-5-22(6-8-23)18-35-30(42)25-17-24(39)19-38(25)31(43)29(32(2,3)4)37-27(41)10-9-26(40)34-12-14-45-16-15-44-13-11-33/h5-8,20,24-25,29,39H,9-19,33H2,1-4H3,(H,34,40)(H,35,42)(H,37,41)/t24-,25+,29?/m1/s1. The average Bonchev–Trinajstić information content (AvgIpc) is 3.63. The summed E-state index contributed by atoms with van der Waals surface area (Å²) in [6, 6.07) is 5.97. The molecule has 1 aromatic heterocycles. The van der Waals surface area contributed by atoms with Gasteiger partial charge in [-0.3, -0.25) is 19.2 Å². The number of ether oxygens (including phenoxy) is 2. The summed E-state index contributed by atoms with van der Waals surface area (Å²) in [4.78, 5) is 58.8. The maximum absolute atomic E-state index is 13.8. The van der Waals surface area contributed by atoms with Crippen LogP contribution >= 0.6 is 11.3 Å². The normalized spacial score (nSPS) is 17.0. The lowest BCUT2D eigenvalue weighted by Crippen LogP contribution is -2.57. The maximum atomic E-state index is 13.8. The minimum Gasteiger partial charge on any atom is -0.391 e. The predicted molar refractivity (Wildman–Crippen MR) is 175 cm³/mol. The molecule has 13 nitrogen and oxygen atoms in total. The molecule has 1 aliphatic heterocycles.